The van der Waals surface area contributed by atoms with Crippen LogP contribution in [0.4, 0.5) is 0 Å². The molecule has 0 unspecified atom stereocenters. The van der Waals surface area contributed by atoms with Gasteiger partial charge in [-0.3, -0.25) is 9.59 Å². The number of carbonyl (C=O) groups is 2. The minimum absolute atomic E-state index is 0.234. The van der Waals surface area contributed by atoms with Gasteiger partial charge in [-0.05, 0) is 96.5 Å². The van der Waals surface area contributed by atoms with E-state index in [1.54, 1.807) is 18.9 Å². The minimum Gasteiger partial charge on any atom is -0.497 e. The van der Waals surface area contributed by atoms with Crippen molar-refractivity contribution in [1.29, 1.82) is 0 Å². The van der Waals surface area contributed by atoms with Gasteiger partial charge >= 0.3 is 11.9 Å². The van der Waals surface area contributed by atoms with E-state index in [0.717, 1.165) is 45.3 Å². The molecule has 0 N–H and O–H groups in total. The monoisotopic (exact) mass is 622 g/mol. The average Bonchev–Trinajstić information content (AvgIpc) is 3.09. The summed E-state index contributed by atoms with van der Waals surface area (Å²) in [5, 5.41) is 0. The zero-order valence-electron chi connectivity index (χ0n) is 25.5. The van der Waals surface area contributed by atoms with Gasteiger partial charge in [0.2, 0.25) is 0 Å². The summed E-state index contributed by atoms with van der Waals surface area (Å²) in [4.78, 5) is 25.7. The van der Waals surface area contributed by atoms with Crippen molar-refractivity contribution in [1.82, 2.24) is 0 Å². The molecule has 0 aromatic heterocycles. The molecule has 0 amide bonds. The van der Waals surface area contributed by atoms with Crippen molar-refractivity contribution in [2.45, 2.75) is 25.7 Å². The largest absolute Gasteiger partial charge is 0.497 e. The van der Waals surface area contributed by atoms with Crippen LogP contribution < -0.4 is 18.9 Å². The van der Waals surface area contributed by atoms with Crippen LogP contribution >= 0.6 is 11.8 Å². The predicted molar refractivity (Wildman–Crippen MR) is 180 cm³/mol. The first kappa shape index (κ1) is 31.9. The molecule has 1 saturated carbocycles. The smallest absolute Gasteiger partial charge is 0.314 e. The summed E-state index contributed by atoms with van der Waals surface area (Å²) in [6.07, 6.45) is 4.26. The molecule has 0 radical (unpaired) electrons. The van der Waals surface area contributed by atoms with Gasteiger partial charge < -0.3 is 18.9 Å². The molecular weight excluding hydrogens is 584 g/mol. The third-order valence-electron chi connectivity index (χ3n) is 7.88. The second-order valence-electron chi connectivity index (χ2n) is 10.9. The lowest BCUT2D eigenvalue weighted by atomic mass is 9.82. The van der Waals surface area contributed by atoms with Crippen LogP contribution in [0, 0.1) is 11.8 Å². The highest BCUT2D eigenvalue weighted by molar-refractivity contribution is 7.99. The van der Waals surface area contributed by atoms with Gasteiger partial charge in [-0.15, -0.1) is 6.58 Å². The first-order valence-electron chi connectivity index (χ1n) is 15.2. The Morgan fingerprint density at radius 1 is 0.644 bits per heavy atom. The molecule has 1 aliphatic carbocycles. The van der Waals surface area contributed by atoms with Crippen LogP contribution in [0.15, 0.2) is 110 Å². The number of carbonyl (C=O) groups excluding carboxylic acids is 2. The maximum atomic E-state index is 12.9. The number of rotatable bonds is 13. The predicted octanol–water partition coefficient (Wildman–Crippen LogP) is 8.64. The van der Waals surface area contributed by atoms with Crippen molar-refractivity contribution in [2.24, 2.45) is 11.8 Å². The van der Waals surface area contributed by atoms with Crippen LogP contribution in [0.2, 0.25) is 0 Å². The van der Waals surface area contributed by atoms with Crippen molar-refractivity contribution in [3.05, 3.63) is 110 Å². The molecule has 4 aromatic rings. The third kappa shape index (κ3) is 9.02. The fraction of sp³-hybridized carbons (Fsp3) is 0.263. The Morgan fingerprint density at radius 2 is 1.02 bits per heavy atom. The summed E-state index contributed by atoms with van der Waals surface area (Å²) in [7, 11) is 1.64. The molecule has 45 heavy (non-hydrogen) atoms. The van der Waals surface area contributed by atoms with E-state index in [4.69, 9.17) is 18.9 Å². The number of hydrogen-bond donors (Lipinski definition) is 0. The van der Waals surface area contributed by atoms with Crippen molar-refractivity contribution >= 4 is 23.7 Å². The summed E-state index contributed by atoms with van der Waals surface area (Å²) in [5.74, 6) is 3.54. The van der Waals surface area contributed by atoms with E-state index in [1.807, 2.05) is 103 Å². The van der Waals surface area contributed by atoms with Crippen LogP contribution in [0.25, 0.3) is 22.3 Å². The first-order chi connectivity index (χ1) is 22.0. The van der Waals surface area contributed by atoms with Gasteiger partial charge in [0, 0.05) is 11.5 Å². The Morgan fingerprint density at radius 3 is 1.40 bits per heavy atom. The van der Waals surface area contributed by atoms with E-state index in [9.17, 15) is 9.59 Å². The van der Waals surface area contributed by atoms with E-state index < -0.39 is 0 Å². The second-order valence-corrected chi connectivity index (χ2v) is 12.1. The topological polar surface area (TPSA) is 71.1 Å². The number of hydrogen-bond acceptors (Lipinski definition) is 7. The molecule has 0 aliphatic heterocycles. The summed E-state index contributed by atoms with van der Waals surface area (Å²) < 4.78 is 22.4. The SMILES string of the molecule is C=CCSCCOc1ccc(-c2ccc(OC(=O)C3CCC(C(=O)Oc4ccc(-c5ccc(OC)cc5)cc4)CC3)cc2)cc1. The molecule has 0 heterocycles. The van der Waals surface area contributed by atoms with Crippen LogP contribution in [0.3, 0.4) is 0 Å². The summed E-state index contributed by atoms with van der Waals surface area (Å²) >= 11 is 1.79. The third-order valence-corrected chi connectivity index (χ3v) is 8.81. The van der Waals surface area contributed by atoms with Crippen LogP contribution in [-0.2, 0) is 9.59 Å². The van der Waals surface area contributed by atoms with Crippen LogP contribution in [0.1, 0.15) is 25.7 Å². The van der Waals surface area contributed by atoms with E-state index >= 15 is 0 Å². The van der Waals surface area contributed by atoms with Crippen molar-refractivity contribution in [3.8, 4) is 45.3 Å². The lowest BCUT2D eigenvalue weighted by molar-refractivity contribution is -0.145. The van der Waals surface area contributed by atoms with Crippen LogP contribution in [-0.4, -0.2) is 37.2 Å². The first-order valence-corrected chi connectivity index (χ1v) is 16.4. The van der Waals surface area contributed by atoms with Gasteiger partial charge in [0.05, 0.1) is 25.6 Å². The van der Waals surface area contributed by atoms with E-state index in [1.165, 1.54) is 0 Å². The van der Waals surface area contributed by atoms with E-state index in [-0.39, 0.29) is 23.8 Å². The molecule has 0 spiro atoms. The number of benzene rings is 4. The lowest BCUT2D eigenvalue weighted by Gasteiger charge is -2.25. The highest BCUT2D eigenvalue weighted by Crippen LogP contribution is 2.32. The Balaban J connectivity index is 1.05. The maximum absolute atomic E-state index is 12.9. The highest BCUT2D eigenvalue weighted by Gasteiger charge is 2.32. The van der Waals surface area contributed by atoms with Gasteiger partial charge in [0.1, 0.15) is 23.0 Å². The number of methoxy groups -OCH3 is 1. The van der Waals surface area contributed by atoms with Gasteiger partial charge in [-0.25, -0.2) is 0 Å². The number of ether oxygens (including phenoxy) is 4. The Bertz CT molecular complexity index is 1540. The van der Waals surface area contributed by atoms with Gasteiger partial charge in [0.25, 0.3) is 0 Å². The zero-order chi connectivity index (χ0) is 31.4. The normalized spacial score (nSPS) is 15.9. The summed E-state index contributed by atoms with van der Waals surface area (Å²) in [5.41, 5.74) is 4.16. The summed E-state index contributed by atoms with van der Waals surface area (Å²) in [6.45, 7) is 4.38. The molecule has 5 rings (SSSR count). The highest BCUT2D eigenvalue weighted by atomic mass is 32.2. The number of esters is 2. The van der Waals surface area contributed by atoms with Gasteiger partial charge in [0.15, 0.2) is 0 Å². The fourth-order valence-corrected chi connectivity index (χ4v) is 5.84. The Hall–Kier alpha value is -4.49. The van der Waals surface area contributed by atoms with Crippen LogP contribution in [0.5, 0.6) is 23.0 Å². The molecule has 7 heteroatoms. The fourth-order valence-electron chi connectivity index (χ4n) is 5.31. The van der Waals surface area contributed by atoms with Crippen molar-refractivity contribution in [3.63, 3.8) is 0 Å². The standard InChI is InChI=1S/C38H38O6S/c1-3-25-45-26-24-42-34-18-10-28(11-19-34)30-14-22-36(23-15-30)44-38(40)32-6-4-31(5-7-32)37(39)43-35-20-12-29(13-21-35)27-8-16-33(41-2)17-9-27/h3,8-23,31-32H,1,4-7,24-26H2,2H3. The molecule has 1 aliphatic rings. The quantitative estimate of drug-likeness (QED) is 0.0640. The van der Waals surface area contributed by atoms with Crippen molar-refractivity contribution in [2.75, 3.05) is 25.2 Å². The lowest BCUT2D eigenvalue weighted by Crippen LogP contribution is -2.30. The van der Waals surface area contributed by atoms with Gasteiger partial charge in [-0.1, -0.05) is 54.6 Å². The molecule has 1 fully saturated rings. The van der Waals surface area contributed by atoms with E-state index in [0.29, 0.717) is 43.8 Å². The second kappa shape index (κ2) is 16.0. The average molecular weight is 623 g/mol. The molecule has 0 bridgehead atoms. The Labute approximate surface area is 269 Å². The molecule has 232 valence electrons. The summed E-state index contributed by atoms with van der Waals surface area (Å²) in [6, 6.07) is 30.8. The maximum Gasteiger partial charge on any atom is 0.314 e. The molecule has 0 saturated heterocycles. The number of thioether (sulfide) groups is 1. The minimum atomic E-state index is -0.253. The van der Waals surface area contributed by atoms with Gasteiger partial charge in [-0.2, -0.15) is 11.8 Å². The van der Waals surface area contributed by atoms with Crippen molar-refractivity contribution < 1.29 is 28.5 Å². The molecular formula is C38H38O6S. The zero-order valence-corrected chi connectivity index (χ0v) is 26.3. The molecule has 4 aromatic carbocycles. The Kier molecular flexibility index (Phi) is 11.4. The molecule has 6 nitrogen and oxygen atoms in total. The van der Waals surface area contributed by atoms with E-state index in [2.05, 4.69) is 6.58 Å². The molecule has 0 atom stereocenters.